The number of anilines is 1. The van der Waals surface area contributed by atoms with Crippen molar-refractivity contribution in [3.63, 3.8) is 0 Å². The van der Waals surface area contributed by atoms with Crippen molar-refractivity contribution in [3.05, 3.63) is 71.0 Å². The molecule has 184 valence electrons. The molecule has 1 unspecified atom stereocenters. The van der Waals surface area contributed by atoms with Gasteiger partial charge in [-0.1, -0.05) is 18.6 Å². The minimum Gasteiger partial charge on any atom is -0.404 e. The summed E-state index contributed by atoms with van der Waals surface area (Å²) in [6.45, 7) is 3.18. The Kier molecular flexibility index (Phi) is 7.68. The van der Waals surface area contributed by atoms with E-state index < -0.39 is 0 Å². The van der Waals surface area contributed by atoms with Crippen LogP contribution in [0, 0.1) is 5.41 Å². The van der Waals surface area contributed by atoms with E-state index in [1.165, 1.54) is 37.6 Å². The number of nitrogens with two attached hydrogens (primary N) is 2. The predicted octanol–water partition coefficient (Wildman–Crippen LogP) is 4.08. The Morgan fingerprint density at radius 1 is 1.23 bits per heavy atom. The highest BCUT2D eigenvalue weighted by atomic mass is 15.2. The molecule has 1 atom stereocenters. The van der Waals surface area contributed by atoms with Crippen molar-refractivity contribution in [2.45, 2.75) is 31.8 Å². The summed E-state index contributed by atoms with van der Waals surface area (Å²) < 4.78 is 0. The van der Waals surface area contributed by atoms with E-state index in [1.54, 1.807) is 13.3 Å². The third-order valence-electron chi connectivity index (χ3n) is 6.95. The van der Waals surface area contributed by atoms with Gasteiger partial charge in [0.05, 0.1) is 11.4 Å². The van der Waals surface area contributed by atoms with Gasteiger partial charge in [0, 0.05) is 66.3 Å². The number of fused-ring (bicyclic) bond motifs is 1. The molecule has 7 nitrogen and oxygen atoms in total. The van der Waals surface area contributed by atoms with E-state index in [4.69, 9.17) is 16.9 Å². The Morgan fingerprint density at radius 3 is 2.80 bits per heavy atom. The molecule has 1 aliphatic heterocycles. The Labute approximate surface area is 208 Å². The number of likely N-dealkylation sites (tertiary alicyclic amines) is 1. The number of nitrogens with one attached hydrogen (secondary N) is 2. The zero-order valence-electron chi connectivity index (χ0n) is 21.0. The summed E-state index contributed by atoms with van der Waals surface area (Å²) in [6, 6.07) is 14.8. The molecule has 7 heteroatoms. The topological polar surface area (TPSA) is 111 Å². The smallest absolute Gasteiger partial charge is 0.0868 e. The zero-order chi connectivity index (χ0) is 24.9. The van der Waals surface area contributed by atoms with Crippen LogP contribution < -0.4 is 11.5 Å². The zero-order valence-corrected chi connectivity index (χ0v) is 21.0. The van der Waals surface area contributed by atoms with Crippen LogP contribution in [0.4, 0.5) is 5.69 Å². The summed E-state index contributed by atoms with van der Waals surface area (Å²) in [7, 11) is 6.15. The molecule has 6 N–H and O–H groups in total. The maximum atomic E-state index is 8.86. The molecule has 0 amide bonds. The fourth-order valence-corrected chi connectivity index (χ4v) is 4.98. The Bertz CT molecular complexity index is 1250. The number of nitrogen functional groups attached to an aromatic ring is 1. The number of aromatic nitrogens is 1. The molecule has 3 aromatic rings. The minimum absolute atomic E-state index is 0.351. The normalized spacial score (nSPS) is 17.6. The molecule has 1 aliphatic rings. The van der Waals surface area contributed by atoms with Crippen molar-refractivity contribution < 1.29 is 0 Å². The fraction of sp³-hybridized carbons (Fsp3) is 0.357. The Morgan fingerprint density at radius 2 is 2.06 bits per heavy atom. The van der Waals surface area contributed by atoms with Crippen LogP contribution in [0.1, 0.15) is 41.6 Å². The van der Waals surface area contributed by atoms with Gasteiger partial charge >= 0.3 is 0 Å². The summed E-state index contributed by atoms with van der Waals surface area (Å²) in [5, 5.41) is 9.96. The van der Waals surface area contributed by atoms with E-state index in [1.807, 2.05) is 24.3 Å². The first-order valence-electron chi connectivity index (χ1n) is 12.2. The number of benzene rings is 2. The fourth-order valence-electron chi connectivity index (χ4n) is 4.98. The largest absolute Gasteiger partial charge is 0.404 e. The summed E-state index contributed by atoms with van der Waals surface area (Å²) in [4.78, 5) is 12.4. The molecule has 4 rings (SSSR count). The van der Waals surface area contributed by atoms with Gasteiger partial charge in [0.1, 0.15) is 0 Å². The highest BCUT2D eigenvalue weighted by Crippen LogP contribution is 2.25. The molecule has 2 aromatic carbocycles. The molecule has 1 aromatic heterocycles. The first-order valence-corrected chi connectivity index (χ1v) is 12.2. The van der Waals surface area contributed by atoms with E-state index in [2.05, 4.69) is 52.1 Å². The first kappa shape index (κ1) is 24.7. The van der Waals surface area contributed by atoms with Crippen molar-refractivity contribution in [2.24, 2.45) is 10.7 Å². The SMILES string of the molecule is CN=C/C(=C\N)c1ccc(N)c(C(=N)c2cc3cc(CN(C)CC4CCCCN4C)ccc3[nH]2)c1. The van der Waals surface area contributed by atoms with Crippen molar-refractivity contribution in [3.8, 4) is 0 Å². The van der Waals surface area contributed by atoms with Crippen molar-refractivity contribution in [1.82, 2.24) is 14.8 Å². The molecule has 0 spiro atoms. The molecule has 1 saturated heterocycles. The van der Waals surface area contributed by atoms with E-state index in [-0.39, 0.29) is 0 Å². The molecule has 35 heavy (non-hydrogen) atoms. The summed E-state index contributed by atoms with van der Waals surface area (Å²) in [5.41, 5.74) is 18.3. The van der Waals surface area contributed by atoms with E-state index in [0.29, 0.717) is 23.0 Å². The van der Waals surface area contributed by atoms with Gasteiger partial charge in [0.15, 0.2) is 0 Å². The summed E-state index contributed by atoms with van der Waals surface area (Å²) in [6.07, 6.45) is 7.13. The predicted molar refractivity (Wildman–Crippen MR) is 148 cm³/mol. The van der Waals surface area contributed by atoms with E-state index in [9.17, 15) is 0 Å². The van der Waals surface area contributed by atoms with Crippen molar-refractivity contribution in [2.75, 3.05) is 40.0 Å². The van der Waals surface area contributed by atoms with Crippen LogP contribution in [0.5, 0.6) is 0 Å². The number of rotatable bonds is 8. The lowest BCUT2D eigenvalue weighted by atomic mass is 9.99. The average molecular weight is 472 g/mol. The number of aliphatic imine (C=N–C) groups is 1. The number of hydrogen-bond acceptors (Lipinski definition) is 6. The van der Waals surface area contributed by atoms with Gasteiger partial charge in [-0.2, -0.15) is 0 Å². The maximum absolute atomic E-state index is 8.86. The van der Waals surface area contributed by atoms with Gasteiger partial charge in [0.2, 0.25) is 0 Å². The molecular weight excluding hydrogens is 434 g/mol. The van der Waals surface area contributed by atoms with Crippen LogP contribution in [-0.2, 0) is 6.54 Å². The second-order valence-corrected chi connectivity index (χ2v) is 9.62. The third kappa shape index (κ3) is 5.63. The monoisotopic (exact) mass is 471 g/mol. The molecule has 2 heterocycles. The number of H-pyrrole nitrogens is 1. The molecule has 1 fully saturated rings. The summed E-state index contributed by atoms with van der Waals surface area (Å²) in [5.74, 6) is 0. The number of hydrogen-bond donors (Lipinski definition) is 4. The minimum atomic E-state index is 0.351. The first-order chi connectivity index (χ1) is 16.9. The van der Waals surface area contributed by atoms with E-state index in [0.717, 1.165) is 40.8 Å². The van der Waals surface area contributed by atoms with Gasteiger partial charge in [0.25, 0.3) is 0 Å². The van der Waals surface area contributed by atoms with Gasteiger partial charge in [-0.25, -0.2) is 0 Å². The molecule has 0 aliphatic carbocycles. The van der Waals surface area contributed by atoms with Crippen LogP contribution >= 0.6 is 0 Å². The standard InChI is InChI=1S/C28H37N7/c1-32-16-22(15-29)20-8-9-25(30)24(13-20)28(31)27-14-21-12-19(7-10-26(21)33-27)17-34(2)18-23-6-4-5-11-35(23)3/h7-10,12-16,23,31,33H,4-6,11,17-18,29-30H2,1-3H3/b22-15+,31-28?,32-16?. The van der Waals surface area contributed by atoms with Crippen molar-refractivity contribution in [1.29, 1.82) is 5.41 Å². The molecule has 0 saturated carbocycles. The van der Waals surface area contributed by atoms with Crippen molar-refractivity contribution >= 4 is 34.1 Å². The lowest BCUT2D eigenvalue weighted by molar-refractivity contribution is 0.138. The molecule has 0 radical (unpaired) electrons. The number of allylic oxidation sites excluding steroid dienone is 1. The molecular formula is C28H37N7. The van der Waals surface area contributed by atoms with E-state index >= 15 is 0 Å². The number of aromatic amines is 1. The molecule has 0 bridgehead atoms. The van der Waals surface area contributed by atoms with Crippen LogP contribution in [0.15, 0.2) is 53.7 Å². The van der Waals surface area contributed by atoms with Gasteiger partial charge in [-0.15, -0.1) is 0 Å². The van der Waals surface area contributed by atoms with Gasteiger partial charge in [-0.05, 0) is 74.9 Å². The Balaban J connectivity index is 1.53. The highest BCUT2D eigenvalue weighted by Gasteiger charge is 2.20. The van der Waals surface area contributed by atoms with Crippen LogP contribution in [0.2, 0.25) is 0 Å². The van der Waals surface area contributed by atoms with Crippen LogP contribution in [-0.4, -0.2) is 67.0 Å². The van der Waals surface area contributed by atoms with Crippen LogP contribution in [0.3, 0.4) is 0 Å². The van der Waals surface area contributed by atoms with Gasteiger partial charge < -0.3 is 26.3 Å². The Hall–Kier alpha value is -3.42. The third-order valence-corrected chi connectivity index (χ3v) is 6.95. The average Bonchev–Trinajstić information content (AvgIpc) is 3.27. The van der Waals surface area contributed by atoms with Crippen LogP contribution in [0.25, 0.3) is 16.5 Å². The lowest BCUT2D eigenvalue weighted by Crippen LogP contribution is -2.43. The number of nitrogens with zero attached hydrogens (tertiary/aromatic N) is 3. The second-order valence-electron chi connectivity index (χ2n) is 9.62. The maximum Gasteiger partial charge on any atom is 0.0868 e. The second kappa shape index (κ2) is 10.9. The number of piperidine rings is 1. The quantitative estimate of drug-likeness (QED) is 0.293. The van der Waals surface area contributed by atoms with Gasteiger partial charge in [-0.3, -0.25) is 10.4 Å². The lowest BCUT2D eigenvalue weighted by Gasteiger charge is -2.35. The number of likely N-dealkylation sites (N-methyl/N-ethyl adjacent to an activating group) is 2. The summed E-state index contributed by atoms with van der Waals surface area (Å²) >= 11 is 0. The highest BCUT2D eigenvalue weighted by molar-refractivity contribution is 6.16.